The molecular formula is C16H16ClN3O4S. The van der Waals surface area contributed by atoms with Crippen LogP contribution < -0.4 is 15.8 Å². The van der Waals surface area contributed by atoms with Crippen LogP contribution in [0.1, 0.15) is 11.1 Å². The van der Waals surface area contributed by atoms with E-state index in [9.17, 15) is 18.0 Å². The normalized spacial score (nSPS) is 11.0. The quantitative estimate of drug-likeness (QED) is 0.667. The first-order chi connectivity index (χ1) is 11.8. The van der Waals surface area contributed by atoms with Gasteiger partial charge in [0.25, 0.3) is 0 Å². The largest absolute Gasteiger partial charge is 0.344 e. The highest BCUT2D eigenvalue weighted by molar-refractivity contribution is 7.89. The van der Waals surface area contributed by atoms with Crippen LogP contribution in [-0.2, 0) is 32.7 Å². The number of sulfonamides is 1. The summed E-state index contributed by atoms with van der Waals surface area (Å²) in [5, 5.41) is 10.5. The summed E-state index contributed by atoms with van der Waals surface area (Å²) in [5.74, 6) is -1.56. The van der Waals surface area contributed by atoms with E-state index in [0.717, 1.165) is 5.56 Å². The molecule has 0 unspecified atom stereocenters. The van der Waals surface area contributed by atoms with Crippen molar-refractivity contribution in [1.29, 1.82) is 0 Å². The van der Waals surface area contributed by atoms with Crippen LogP contribution in [-0.4, -0.2) is 20.2 Å². The molecule has 7 nitrogen and oxygen atoms in total. The number of amides is 2. The van der Waals surface area contributed by atoms with Gasteiger partial charge in [0.1, 0.15) is 0 Å². The lowest BCUT2D eigenvalue weighted by Gasteiger charge is -2.07. The molecule has 0 spiro atoms. The molecule has 0 radical (unpaired) electrons. The average molecular weight is 382 g/mol. The highest BCUT2D eigenvalue weighted by Crippen LogP contribution is 2.09. The van der Waals surface area contributed by atoms with Crippen molar-refractivity contribution in [3.63, 3.8) is 0 Å². The minimum atomic E-state index is -3.76. The summed E-state index contributed by atoms with van der Waals surface area (Å²) in [6.07, 6.45) is 0. The Bertz CT molecular complexity index is 865. The van der Waals surface area contributed by atoms with Crippen LogP contribution in [0.5, 0.6) is 0 Å². The molecule has 0 bridgehead atoms. The van der Waals surface area contributed by atoms with E-state index in [1.54, 1.807) is 24.3 Å². The summed E-state index contributed by atoms with van der Waals surface area (Å²) in [4.78, 5) is 23.5. The van der Waals surface area contributed by atoms with Gasteiger partial charge in [0.15, 0.2) is 0 Å². The first kappa shape index (κ1) is 18.9. The lowest BCUT2D eigenvalue weighted by molar-refractivity contribution is -0.139. The number of rotatable bonds is 5. The third-order valence-electron chi connectivity index (χ3n) is 3.28. The molecule has 4 N–H and O–H groups in total. The number of hydrogen-bond acceptors (Lipinski definition) is 4. The van der Waals surface area contributed by atoms with Crippen molar-refractivity contribution in [1.82, 2.24) is 10.6 Å². The Labute approximate surface area is 150 Å². The van der Waals surface area contributed by atoms with E-state index in [2.05, 4.69) is 10.6 Å². The van der Waals surface area contributed by atoms with Crippen LogP contribution in [0, 0.1) is 0 Å². The van der Waals surface area contributed by atoms with Gasteiger partial charge in [0.2, 0.25) is 10.0 Å². The van der Waals surface area contributed by atoms with Crippen LogP contribution in [0.25, 0.3) is 0 Å². The fraction of sp³-hybridized carbons (Fsp3) is 0.125. The van der Waals surface area contributed by atoms with Crippen molar-refractivity contribution in [2.45, 2.75) is 18.0 Å². The maximum absolute atomic E-state index is 11.8. The zero-order chi connectivity index (χ0) is 18.4. The van der Waals surface area contributed by atoms with Gasteiger partial charge in [-0.25, -0.2) is 13.6 Å². The Morgan fingerprint density at radius 2 is 1.24 bits per heavy atom. The minimum Gasteiger partial charge on any atom is -0.344 e. The first-order valence-electron chi connectivity index (χ1n) is 7.18. The Kier molecular flexibility index (Phi) is 6.13. The van der Waals surface area contributed by atoms with E-state index in [0.29, 0.717) is 10.6 Å². The molecule has 0 saturated carbocycles. The number of benzene rings is 2. The van der Waals surface area contributed by atoms with Gasteiger partial charge >= 0.3 is 11.8 Å². The summed E-state index contributed by atoms with van der Waals surface area (Å²) in [5.41, 5.74) is 1.44. The predicted molar refractivity (Wildman–Crippen MR) is 93.0 cm³/mol. The van der Waals surface area contributed by atoms with Crippen LogP contribution in [0.15, 0.2) is 53.4 Å². The summed E-state index contributed by atoms with van der Waals surface area (Å²) in [7, 11) is -3.76. The topological polar surface area (TPSA) is 118 Å². The SMILES string of the molecule is NS(=O)(=O)c1ccc(CNC(=O)C(=O)NCc2ccc(Cl)cc2)cc1. The predicted octanol–water partition coefficient (Wildman–Crippen LogP) is 0.920. The smallest absolute Gasteiger partial charge is 0.309 e. The molecule has 0 saturated heterocycles. The van der Waals surface area contributed by atoms with Crippen LogP contribution in [0.2, 0.25) is 5.02 Å². The standard InChI is InChI=1S/C16H16ClN3O4S/c17-13-5-1-11(2-6-13)9-19-15(21)16(22)20-10-12-3-7-14(8-4-12)25(18,23)24/h1-8H,9-10H2,(H,19,21)(H,20,22)(H2,18,23,24). The molecule has 9 heteroatoms. The van der Waals surface area contributed by atoms with Gasteiger partial charge in [-0.2, -0.15) is 0 Å². The van der Waals surface area contributed by atoms with Gasteiger partial charge < -0.3 is 10.6 Å². The Balaban J connectivity index is 1.83. The molecule has 0 fully saturated rings. The van der Waals surface area contributed by atoms with Crippen molar-refractivity contribution in [3.05, 3.63) is 64.7 Å². The Morgan fingerprint density at radius 3 is 1.64 bits per heavy atom. The van der Waals surface area contributed by atoms with Crippen LogP contribution in [0.4, 0.5) is 0 Å². The van der Waals surface area contributed by atoms with Crippen LogP contribution >= 0.6 is 11.6 Å². The number of carbonyl (C=O) groups excluding carboxylic acids is 2. The highest BCUT2D eigenvalue weighted by atomic mass is 35.5. The zero-order valence-electron chi connectivity index (χ0n) is 13.0. The summed E-state index contributed by atoms with van der Waals surface area (Å²) >= 11 is 5.77. The van der Waals surface area contributed by atoms with Gasteiger partial charge in [-0.3, -0.25) is 9.59 Å². The summed E-state index contributed by atoms with van der Waals surface area (Å²) in [6.45, 7) is 0.282. The molecule has 0 atom stereocenters. The molecule has 0 aliphatic heterocycles. The third kappa shape index (κ3) is 5.86. The minimum absolute atomic E-state index is 0.0247. The second-order valence-corrected chi connectivity index (χ2v) is 7.18. The van der Waals surface area contributed by atoms with E-state index in [4.69, 9.17) is 16.7 Å². The van der Waals surface area contributed by atoms with Gasteiger partial charge in [0.05, 0.1) is 4.90 Å². The maximum atomic E-state index is 11.8. The van der Waals surface area contributed by atoms with E-state index in [1.165, 1.54) is 24.3 Å². The van der Waals surface area contributed by atoms with Crippen molar-refractivity contribution < 1.29 is 18.0 Å². The number of hydrogen-bond donors (Lipinski definition) is 3. The van der Waals surface area contributed by atoms with Gasteiger partial charge in [-0.15, -0.1) is 0 Å². The highest BCUT2D eigenvalue weighted by Gasteiger charge is 2.13. The summed E-state index contributed by atoms with van der Waals surface area (Å²) in [6, 6.07) is 12.5. The number of nitrogens with two attached hydrogens (primary N) is 1. The molecule has 2 rings (SSSR count). The van der Waals surface area contributed by atoms with Crippen molar-refractivity contribution in [2.24, 2.45) is 5.14 Å². The molecule has 0 aliphatic carbocycles. The molecule has 2 aromatic carbocycles. The summed E-state index contributed by atoms with van der Waals surface area (Å²) < 4.78 is 22.3. The molecule has 0 heterocycles. The molecule has 132 valence electrons. The molecule has 25 heavy (non-hydrogen) atoms. The first-order valence-corrected chi connectivity index (χ1v) is 9.10. The Hall–Kier alpha value is -2.42. The molecular weight excluding hydrogens is 366 g/mol. The van der Waals surface area contributed by atoms with Gasteiger partial charge in [0, 0.05) is 18.1 Å². The van der Waals surface area contributed by atoms with Gasteiger partial charge in [-0.1, -0.05) is 35.9 Å². The number of halogens is 1. The molecule has 2 amide bonds. The zero-order valence-corrected chi connectivity index (χ0v) is 14.6. The van der Waals surface area contributed by atoms with Crippen LogP contribution in [0.3, 0.4) is 0 Å². The van der Waals surface area contributed by atoms with E-state index in [1.807, 2.05) is 0 Å². The van der Waals surface area contributed by atoms with E-state index >= 15 is 0 Å². The Morgan fingerprint density at radius 1 is 0.840 bits per heavy atom. The lowest BCUT2D eigenvalue weighted by atomic mass is 10.2. The monoisotopic (exact) mass is 381 g/mol. The fourth-order valence-corrected chi connectivity index (χ4v) is 2.57. The van der Waals surface area contributed by atoms with E-state index < -0.39 is 21.8 Å². The molecule has 0 aromatic heterocycles. The second kappa shape index (κ2) is 8.11. The number of primary sulfonamides is 1. The van der Waals surface area contributed by atoms with Crippen molar-refractivity contribution >= 4 is 33.4 Å². The number of carbonyl (C=O) groups is 2. The third-order valence-corrected chi connectivity index (χ3v) is 4.46. The fourth-order valence-electron chi connectivity index (χ4n) is 1.92. The lowest BCUT2D eigenvalue weighted by Crippen LogP contribution is -2.39. The maximum Gasteiger partial charge on any atom is 0.309 e. The van der Waals surface area contributed by atoms with Crippen molar-refractivity contribution in [3.8, 4) is 0 Å². The number of nitrogens with one attached hydrogen (secondary N) is 2. The average Bonchev–Trinajstić information content (AvgIpc) is 2.58. The molecule has 0 aliphatic rings. The van der Waals surface area contributed by atoms with Gasteiger partial charge in [-0.05, 0) is 35.4 Å². The van der Waals surface area contributed by atoms with Crippen molar-refractivity contribution in [2.75, 3.05) is 0 Å². The second-order valence-electron chi connectivity index (χ2n) is 5.18. The molecule has 2 aromatic rings. The van der Waals surface area contributed by atoms with E-state index in [-0.39, 0.29) is 18.0 Å².